The molecule has 140 valence electrons. The van der Waals surface area contributed by atoms with Crippen LogP contribution >= 0.6 is 0 Å². The molecular formula is C19H27N5O2. The molecule has 4 heterocycles. The maximum Gasteiger partial charge on any atom is 0.241 e. The van der Waals surface area contributed by atoms with Gasteiger partial charge in [0.05, 0.1) is 12.1 Å². The highest BCUT2D eigenvalue weighted by molar-refractivity contribution is 5.46. The first-order valence-electron chi connectivity index (χ1n) is 9.53. The SMILES string of the molecule is CN(Cc1nc(-c2ccccn2)no1)C[C@]1(O)CCCN2CCCC[C@@H]21. The Morgan fingerprint density at radius 1 is 1.31 bits per heavy atom. The average Bonchev–Trinajstić information content (AvgIpc) is 3.11. The van der Waals surface area contributed by atoms with Gasteiger partial charge in [0.2, 0.25) is 11.7 Å². The summed E-state index contributed by atoms with van der Waals surface area (Å²) in [6, 6.07) is 5.90. The van der Waals surface area contributed by atoms with Crippen LogP contribution in [0, 0.1) is 0 Å². The van der Waals surface area contributed by atoms with Crippen molar-refractivity contribution in [3.63, 3.8) is 0 Å². The molecule has 0 bridgehead atoms. The molecule has 2 aromatic rings. The second-order valence-electron chi connectivity index (χ2n) is 7.65. The Balaban J connectivity index is 1.40. The van der Waals surface area contributed by atoms with E-state index < -0.39 is 5.60 Å². The fourth-order valence-corrected chi connectivity index (χ4v) is 4.48. The van der Waals surface area contributed by atoms with Crippen molar-refractivity contribution in [3.05, 3.63) is 30.3 Å². The van der Waals surface area contributed by atoms with Crippen molar-refractivity contribution in [1.29, 1.82) is 0 Å². The van der Waals surface area contributed by atoms with E-state index in [4.69, 9.17) is 4.52 Å². The first-order valence-corrected chi connectivity index (χ1v) is 9.53. The van der Waals surface area contributed by atoms with Gasteiger partial charge in [-0.1, -0.05) is 17.6 Å². The first kappa shape index (κ1) is 17.6. The third-order valence-corrected chi connectivity index (χ3v) is 5.60. The van der Waals surface area contributed by atoms with Gasteiger partial charge in [0, 0.05) is 18.8 Å². The molecule has 2 saturated heterocycles. The summed E-state index contributed by atoms with van der Waals surface area (Å²) in [5.41, 5.74) is 0.0472. The van der Waals surface area contributed by atoms with E-state index >= 15 is 0 Å². The first-order chi connectivity index (χ1) is 12.6. The quantitative estimate of drug-likeness (QED) is 0.876. The molecule has 7 nitrogen and oxygen atoms in total. The van der Waals surface area contributed by atoms with Gasteiger partial charge in [-0.15, -0.1) is 0 Å². The third kappa shape index (κ3) is 3.65. The number of aromatic nitrogens is 3. The summed E-state index contributed by atoms with van der Waals surface area (Å²) in [4.78, 5) is 13.3. The number of hydrogen-bond acceptors (Lipinski definition) is 7. The maximum atomic E-state index is 11.3. The molecule has 0 aromatic carbocycles. The molecule has 4 rings (SSSR count). The van der Waals surface area contributed by atoms with Crippen molar-refractivity contribution < 1.29 is 9.63 Å². The van der Waals surface area contributed by atoms with Gasteiger partial charge < -0.3 is 9.63 Å². The largest absolute Gasteiger partial charge is 0.387 e. The van der Waals surface area contributed by atoms with Crippen molar-refractivity contribution in [3.8, 4) is 11.5 Å². The summed E-state index contributed by atoms with van der Waals surface area (Å²) in [5, 5.41) is 15.4. The summed E-state index contributed by atoms with van der Waals surface area (Å²) < 4.78 is 5.38. The van der Waals surface area contributed by atoms with Gasteiger partial charge >= 0.3 is 0 Å². The van der Waals surface area contributed by atoms with E-state index in [2.05, 4.69) is 24.9 Å². The summed E-state index contributed by atoms with van der Waals surface area (Å²) in [6.45, 7) is 3.38. The number of aliphatic hydroxyl groups is 1. The minimum Gasteiger partial charge on any atom is -0.387 e. The molecule has 0 aliphatic carbocycles. The number of pyridine rings is 1. The van der Waals surface area contributed by atoms with Crippen molar-refractivity contribution >= 4 is 0 Å². The minimum atomic E-state index is -0.655. The zero-order chi connectivity index (χ0) is 18.0. The van der Waals surface area contributed by atoms with Crippen molar-refractivity contribution in [2.45, 2.75) is 50.3 Å². The number of likely N-dealkylation sites (N-methyl/N-ethyl adjacent to an activating group) is 1. The fraction of sp³-hybridized carbons (Fsp3) is 0.632. The topological polar surface area (TPSA) is 78.5 Å². The third-order valence-electron chi connectivity index (χ3n) is 5.60. The average molecular weight is 357 g/mol. The number of nitrogens with zero attached hydrogens (tertiary/aromatic N) is 5. The number of fused-ring (bicyclic) bond motifs is 1. The zero-order valence-electron chi connectivity index (χ0n) is 15.3. The Bertz CT molecular complexity index is 720. The summed E-state index contributed by atoms with van der Waals surface area (Å²) in [5.74, 6) is 1.05. The number of hydrogen-bond donors (Lipinski definition) is 1. The lowest BCUT2D eigenvalue weighted by Crippen LogP contribution is -2.62. The van der Waals surface area contributed by atoms with Crippen molar-refractivity contribution in [2.75, 3.05) is 26.7 Å². The smallest absolute Gasteiger partial charge is 0.241 e. The zero-order valence-corrected chi connectivity index (χ0v) is 15.3. The molecular weight excluding hydrogens is 330 g/mol. The highest BCUT2D eigenvalue weighted by Gasteiger charge is 2.44. The summed E-state index contributed by atoms with van der Waals surface area (Å²) in [6.07, 6.45) is 7.19. The Kier molecular flexibility index (Phi) is 5.02. The predicted octanol–water partition coefficient (Wildman–Crippen LogP) is 1.94. The molecule has 2 atom stereocenters. The van der Waals surface area contributed by atoms with Crippen molar-refractivity contribution in [1.82, 2.24) is 24.9 Å². The predicted molar refractivity (Wildman–Crippen MR) is 97.3 cm³/mol. The normalized spacial score (nSPS) is 26.8. The summed E-state index contributed by atoms with van der Waals surface area (Å²) in [7, 11) is 2.00. The van der Waals surface area contributed by atoms with Gasteiger partial charge in [-0.3, -0.25) is 14.8 Å². The molecule has 2 aliphatic heterocycles. The van der Waals surface area contributed by atoms with Gasteiger partial charge in [-0.05, 0) is 58.0 Å². The molecule has 0 unspecified atom stereocenters. The molecule has 2 fully saturated rings. The van der Waals surface area contributed by atoms with E-state index in [0.29, 0.717) is 30.5 Å². The van der Waals surface area contributed by atoms with Gasteiger partial charge in [-0.2, -0.15) is 4.98 Å². The van der Waals surface area contributed by atoms with E-state index in [1.807, 2.05) is 25.2 Å². The summed E-state index contributed by atoms with van der Waals surface area (Å²) >= 11 is 0. The monoisotopic (exact) mass is 357 g/mol. The van der Waals surface area contributed by atoms with E-state index in [9.17, 15) is 5.11 Å². The second-order valence-corrected chi connectivity index (χ2v) is 7.65. The van der Waals surface area contributed by atoms with Gasteiger partial charge in [-0.25, -0.2) is 0 Å². The van der Waals surface area contributed by atoms with E-state index in [1.165, 1.54) is 12.8 Å². The Hall–Kier alpha value is -1.83. The van der Waals surface area contributed by atoms with Crippen molar-refractivity contribution in [2.24, 2.45) is 0 Å². The van der Waals surface area contributed by atoms with Gasteiger partial charge in [0.1, 0.15) is 5.69 Å². The van der Waals surface area contributed by atoms with Crippen LogP contribution in [-0.4, -0.2) is 68.4 Å². The van der Waals surface area contributed by atoms with Crippen LogP contribution in [0.15, 0.2) is 28.9 Å². The molecule has 1 N–H and O–H groups in total. The fourth-order valence-electron chi connectivity index (χ4n) is 4.48. The molecule has 7 heteroatoms. The number of rotatable bonds is 5. The van der Waals surface area contributed by atoms with E-state index in [0.717, 1.165) is 32.4 Å². The Labute approximate surface area is 154 Å². The lowest BCUT2D eigenvalue weighted by Gasteiger charge is -2.50. The lowest BCUT2D eigenvalue weighted by atomic mass is 9.79. The Morgan fingerprint density at radius 2 is 2.19 bits per heavy atom. The van der Waals surface area contributed by atoms with Crippen LogP contribution in [0.2, 0.25) is 0 Å². The molecule has 0 saturated carbocycles. The van der Waals surface area contributed by atoms with Crippen LogP contribution in [-0.2, 0) is 6.54 Å². The van der Waals surface area contributed by atoms with Crippen LogP contribution in [0.1, 0.15) is 38.0 Å². The van der Waals surface area contributed by atoms with Gasteiger partial charge in [0.15, 0.2) is 0 Å². The second kappa shape index (κ2) is 7.42. The van der Waals surface area contributed by atoms with Crippen LogP contribution in [0.5, 0.6) is 0 Å². The van der Waals surface area contributed by atoms with Crippen LogP contribution in [0.25, 0.3) is 11.5 Å². The lowest BCUT2D eigenvalue weighted by molar-refractivity contribution is -0.108. The van der Waals surface area contributed by atoms with Crippen LogP contribution in [0.4, 0.5) is 0 Å². The molecule has 26 heavy (non-hydrogen) atoms. The molecule has 0 radical (unpaired) electrons. The highest BCUT2D eigenvalue weighted by Crippen LogP contribution is 2.34. The molecule has 2 aromatic heterocycles. The maximum absolute atomic E-state index is 11.3. The Morgan fingerprint density at radius 3 is 3.04 bits per heavy atom. The van der Waals surface area contributed by atoms with E-state index in [1.54, 1.807) is 6.20 Å². The number of piperidine rings is 2. The molecule has 2 aliphatic rings. The highest BCUT2D eigenvalue weighted by atomic mass is 16.5. The molecule has 0 amide bonds. The van der Waals surface area contributed by atoms with Crippen LogP contribution in [0.3, 0.4) is 0 Å². The standard InChI is InChI=1S/C19H27N5O2/c1-23(13-17-21-18(22-26-17)15-7-2-4-10-20-15)14-19(25)9-6-12-24-11-5-3-8-16(19)24/h2,4,7,10,16,25H,3,5-6,8-9,11-14H2,1H3/t16-,19-/m1/s1. The van der Waals surface area contributed by atoms with E-state index in [-0.39, 0.29) is 6.04 Å². The minimum absolute atomic E-state index is 0.277. The molecule has 0 spiro atoms. The van der Waals surface area contributed by atoms with Crippen LogP contribution < -0.4 is 0 Å². The van der Waals surface area contributed by atoms with Gasteiger partial charge in [0.25, 0.3) is 0 Å².